The molecule has 0 aliphatic heterocycles. The van der Waals surface area contributed by atoms with Crippen LogP contribution in [0.1, 0.15) is 50.3 Å². The van der Waals surface area contributed by atoms with E-state index < -0.39 is 0 Å². The van der Waals surface area contributed by atoms with Crippen LogP contribution in [0.15, 0.2) is 89.5 Å². The summed E-state index contributed by atoms with van der Waals surface area (Å²) in [7, 11) is 0. The van der Waals surface area contributed by atoms with Gasteiger partial charge in [-0.05, 0) is 16.9 Å². The van der Waals surface area contributed by atoms with Crippen molar-refractivity contribution in [3.63, 3.8) is 0 Å². The van der Waals surface area contributed by atoms with Gasteiger partial charge < -0.3 is 0 Å². The van der Waals surface area contributed by atoms with Crippen LogP contribution in [0.25, 0.3) is 10.8 Å². The second-order valence-electron chi connectivity index (χ2n) is 8.79. The second kappa shape index (κ2) is 11.4. The molecular weight excluding hydrogens is 480 g/mol. The number of fused-ring (bicyclic) bond motifs is 2. The molecular formula is C30H32SiZr. The SMILES string of the molecule is CC1=[C-]C(C)C(C)=C1C.C[Si](C)=[Zr+2].[C-]1=CC(c2ccccc2)c2cc3ccccc3cc21. The van der Waals surface area contributed by atoms with E-state index in [0.29, 0.717) is 11.8 Å². The van der Waals surface area contributed by atoms with Crippen LogP contribution in [-0.2, 0) is 23.3 Å². The fraction of sp³-hybridized carbons (Fsp3) is 0.267. The maximum atomic E-state index is 3.42. The van der Waals surface area contributed by atoms with Gasteiger partial charge in [-0.1, -0.05) is 86.7 Å². The number of benzene rings is 3. The Bertz CT molecular complexity index is 1190. The summed E-state index contributed by atoms with van der Waals surface area (Å²) in [4.78, 5) is 0. The average molecular weight is 512 g/mol. The van der Waals surface area contributed by atoms with Crippen molar-refractivity contribution in [3.8, 4) is 0 Å². The second-order valence-corrected chi connectivity index (χ2v) is 18.2. The molecule has 0 amide bonds. The molecule has 0 spiro atoms. The van der Waals surface area contributed by atoms with E-state index in [4.69, 9.17) is 0 Å². The van der Waals surface area contributed by atoms with Crippen LogP contribution in [0.3, 0.4) is 0 Å². The Morgan fingerprint density at radius 2 is 1.41 bits per heavy atom. The summed E-state index contributed by atoms with van der Waals surface area (Å²) in [6.07, 6.45) is 8.95. The molecule has 2 aliphatic carbocycles. The van der Waals surface area contributed by atoms with Gasteiger partial charge in [-0.25, -0.2) is 5.57 Å². The van der Waals surface area contributed by atoms with Gasteiger partial charge in [0.15, 0.2) is 0 Å². The molecule has 2 heteroatoms. The van der Waals surface area contributed by atoms with Crippen LogP contribution in [0, 0.1) is 18.1 Å². The minimum absolute atomic E-state index is 0.210. The predicted molar refractivity (Wildman–Crippen MR) is 137 cm³/mol. The Balaban J connectivity index is 0.000000186. The molecule has 160 valence electrons. The van der Waals surface area contributed by atoms with Gasteiger partial charge >= 0.3 is 41.9 Å². The largest absolute Gasteiger partial charge is 0.188 e. The van der Waals surface area contributed by atoms with E-state index in [1.54, 1.807) is 23.3 Å². The van der Waals surface area contributed by atoms with Crippen LogP contribution in [0.2, 0.25) is 13.1 Å². The zero-order valence-corrected chi connectivity index (χ0v) is 23.5. The van der Waals surface area contributed by atoms with Gasteiger partial charge in [0.05, 0.1) is 0 Å². The summed E-state index contributed by atoms with van der Waals surface area (Å²) in [5.74, 6) is 0.908. The topological polar surface area (TPSA) is 0 Å². The van der Waals surface area contributed by atoms with Crippen molar-refractivity contribution in [3.05, 3.63) is 118 Å². The van der Waals surface area contributed by atoms with Crippen molar-refractivity contribution >= 4 is 16.2 Å². The minimum Gasteiger partial charge on any atom is -0.188 e. The summed E-state index contributed by atoms with van der Waals surface area (Å²) in [5.41, 5.74) is 8.39. The number of rotatable bonds is 1. The maximum Gasteiger partial charge on any atom is -0.0290 e. The van der Waals surface area contributed by atoms with Gasteiger partial charge in [-0.2, -0.15) is 28.9 Å². The molecule has 2 unspecified atom stereocenters. The van der Waals surface area contributed by atoms with E-state index in [9.17, 15) is 0 Å². The van der Waals surface area contributed by atoms with Gasteiger partial charge in [-0.15, -0.1) is 24.6 Å². The monoisotopic (exact) mass is 510 g/mol. The Morgan fingerprint density at radius 1 is 0.844 bits per heavy atom. The fourth-order valence-corrected chi connectivity index (χ4v) is 4.00. The summed E-state index contributed by atoms with van der Waals surface area (Å²) in [6.45, 7) is 13.3. The first kappa shape index (κ1) is 24.9. The standard InChI is InChI=1S/C19H13.C9H13.C2H6Si.Zr/c1-2-6-14(7-3-1)18-11-10-17-12-15-8-4-5-9-16(15)13-19(17)18;1-6-5-7(2)9(4)8(6)3;1-3-2;/h1-9,11-13,18H;6H,1-4H3;1-2H3;/q2*-1;;+2. The Kier molecular flexibility index (Phi) is 8.86. The minimum atomic E-state index is 0.210. The fourth-order valence-electron chi connectivity index (χ4n) is 4.00. The van der Waals surface area contributed by atoms with Crippen LogP contribution in [0.4, 0.5) is 0 Å². The third-order valence-corrected chi connectivity index (χ3v) is 6.05. The molecule has 0 saturated heterocycles. The Morgan fingerprint density at radius 3 is 1.91 bits per heavy atom. The molecule has 0 aromatic heterocycles. The molecule has 0 radical (unpaired) electrons. The summed E-state index contributed by atoms with van der Waals surface area (Å²) < 4.78 is 0. The normalized spacial score (nSPS) is 18.4. The molecule has 0 heterocycles. The third kappa shape index (κ3) is 6.18. The molecule has 2 aliphatic rings. The van der Waals surface area contributed by atoms with Gasteiger partial charge in [0.1, 0.15) is 0 Å². The van der Waals surface area contributed by atoms with Crippen molar-refractivity contribution in [1.82, 2.24) is 0 Å². The summed E-state index contributed by atoms with van der Waals surface area (Å²) in [5, 5.41) is 2.59. The van der Waals surface area contributed by atoms with Crippen molar-refractivity contribution in [2.24, 2.45) is 5.92 Å². The molecule has 32 heavy (non-hydrogen) atoms. The van der Waals surface area contributed by atoms with Gasteiger partial charge in [0, 0.05) is 0 Å². The Hall–Kier alpha value is -1.76. The van der Waals surface area contributed by atoms with Crippen LogP contribution >= 0.6 is 0 Å². The number of hydrogen-bond acceptors (Lipinski definition) is 0. The van der Waals surface area contributed by atoms with Crippen LogP contribution in [-0.4, -0.2) is 5.43 Å². The first-order chi connectivity index (χ1) is 15.3. The molecule has 0 saturated carbocycles. The van der Waals surface area contributed by atoms with Gasteiger partial charge in [0.25, 0.3) is 0 Å². The molecule has 3 aromatic carbocycles. The molecule has 0 bridgehead atoms. The molecule has 0 fully saturated rings. The summed E-state index contributed by atoms with van der Waals surface area (Å²) in [6, 6.07) is 23.7. The van der Waals surface area contributed by atoms with E-state index in [0.717, 1.165) is 0 Å². The summed E-state index contributed by atoms with van der Waals surface area (Å²) >= 11 is 1.74. The molecule has 0 N–H and O–H groups in total. The van der Waals surface area contributed by atoms with Crippen molar-refractivity contribution in [2.45, 2.75) is 46.7 Å². The molecule has 2 atom stereocenters. The van der Waals surface area contributed by atoms with E-state index >= 15 is 0 Å². The quantitative estimate of drug-likeness (QED) is 0.228. The third-order valence-electron chi connectivity index (χ3n) is 6.05. The van der Waals surface area contributed by atoms with Crippen molar-refractivity contribution in [2.75, 3.05) is 0 Å². The van der Waals surface area contributed by atoms with Crippen molar-refractivity contribution in [1.29, 1.82) is 0 Å². The van der Waals surface area contributed by atoms with Crippen LogP contribution in [0.5, 0.6) is 0 Å². The van der Waals surface area contributed by atoms with Gasteiger partial charge in [0.2, 0.25) is 0 Å². The number of hydrogen-bond donors (Lipinski definition) is 0. The van der Waals surface area contributed by atoms with Crippen LogP contribution < -0.4 is 0 Å². The van der Waals surface area contributed by atoms with Gasteiger partial charge in [-0.3, -0.25) is 6.08 Å². The smallest absolute Gasteiger partial charge is 0.0290 e. The zero-order valence-electron chi connectivity index (χ0n) is 20.1. The molecule has 5 rings (SSSR count). The zero-order chi connectivity index (χ0) is 23.3. The van der Waals surface area contributed by atoms with E-state index in [1.165, 1.54) is 44.2 Å². The average Bonchev–Trinajstić information content (AvgIpc) is 3.28. The van der Waals surface area contributed by atoms with Crippen molar-refractivity contribution < 1.29 is 23.3 Å². The van der Waals surface area contributed by atoms with E-state index in [1.807, 2.05) is 0 Å². The molecule has 0 nitrogen and oxygen atoms in total. The molecule has 3 aromatic rings. The van der Waals surface area contributed by atoms with E-state index in [2.05, 4.69) is 126 Å². The number of allylic oxidation sites excluding steroid dienone is 5. The maximum absolute atomic E-state index is 3.42. The first-order valence-corrected chi connectivity index (χ1v) is 17.4. The Labute approximate surface area is 209 Å². The first-order valence-electron chi connectivity index (χ1n) is 11.2. The van der Waals surface area contributed by atoms with E-state index in [-0.39, 0.29) is 5.43 Å². The predicted octanol–water partition coefficient (Wildman–Crippen LogP) is 8.20.